The summed E-state index contributed by atoms with van der Waals surface area (Å²) in [7, 11) is 10.6. The summed E-state index contributed by atoms with van der Waals surface area (Å²) in [4.78, 5) is 88.7. The normalized spacial score (nSPS) is 39.4. The van der Waals surface area contributed by atoms with Gasteiger partial charge in [-0.15, -0.1) is 0 Å². The van der Waals surface area contributed by atoms with Gasteiger partial charge in [0.25, 0.3) is 0 Å². The fourth-order valence-corrected chi connectivity index (χ4v) is 22.7. The van der Waals surface area contributed by atoms with Crippen LogP contribution in [0.2, 0.25) is 0 Å². The Balaban J connectivity index is 0.000000494. The molecule has 6 heterocycles. The predicted octanol–water partition coefficient (Wildman–Crippen LogP) is 17.2. The quantitative estimate of drug-likeness (QED) is 0.0159. The second kappa shape index (κ2) is 60.9. The van der Waals surface area contributed by atoms with Crippen molar-refractivity contribution in [3.63, 3.8) is 0 Å². The van der Waals surface area contributed by atoms with E-state index < -0.39 is 215 Å². The molecule has 0 aliphatic carbocycles. The number of ether oxygens (including phenoxy) is 14. The number of methoxy groups -OCH3 is 2. The summed E-state index contributed by atoms with van der Waals surface area (Å²) in [6.45, 7) is 37.6. The minimum atomic E-state index is -2.02. The summed E-state index contributed by atoms with van der Waals surface area (Å²) in [5.74, 6) is -11.0. The molecule has 30 nitrogen and oxygen atoms in total. The highest BCUT2D eigenvalue weighted by Crippen LogP contribution is 2.46. The number of aliphatic hydroxyl groups is 8. The van der Waals surface area contributed by atoms with Gasteiger partial charge in [0.1, 0.15) is 47.2 Å². The van der Waals surface area contributed by atoms with Crippen LogP contribution in [0.3, 0.4) is 0 Å². The van der Waals surface area contributed by atoms with Crippen LogP contribution in [-0.4, -0.2) is 297 Å². The van der Waals surface area contributed by atoms with Crippen molar-refractivity contribution in [2.75, 3.05) is 42.4 Å². The van der Waals surface area contributed by atoms with Gasteiger partial charge >= 0.3 is 23.9 Å². The van der Waals surface area contributed by atoms with Crippen molar-refractivity contribution in [2.24, 2.45) is 47.3 Å². The van der Waals surface area contributed by atoms with Crippen LogP contribution in [0.25, 0.3) is 0 Å². The average molecular weight is 2000 g/mol. The molecule has 30 heteroatoms. The molecule has 0 saturated carbocycles. The number of esters is 4. The number of likely N-dealkylation sites (N-methyl/N-ethyl adjacent to an activating group) is 2. The van der Waals surface area contributed by atoms with Crippen LogP contribution in [0.1, 0.15) is 409 Å². The fraction of sp³-hybridized carbons (Fsp3) is 0.945. The first-order valence-corrected chi connectivity index (χ1v) is 54.9. The standard InChI is InChI=1S/2C55H101NO14/c2*1-15-17-18-19-20-21-22-23-24-25-26-27-28-29-30-31-43(57)68-47-41(56(12)13)32-36(4)65-52(47)70-50-38(6)46(69-44-34-54(10,64-14)49(60)40(8)66-44)39(7)51(61)67-42(16-2)55(11,63)48(59)37(5)45(58)35(3)33-53(50,9)62/h2*35-42,44,46-50,52,59-60,62-63H,15-34H2,1-14H3/t2*35-,36-,37+,38+,39-,40+,41+,42-,44+,46+,47-,48-,49+,50-,52+,53-,54-,55-/m11/s1. The smallest absolute Gasteiger partial charge is 0.311 e. The van der Waals surface area contributed by atoms with Crippen LogP contribution in [0.5, 0.6) is 0 Å². The van der Waals surface area contributed by atoms with E-state index in [9.17, 15) is 69.6 Å². The maximum atomic E-state index is 14.4. The van der Waals surface area contributed by atoms with Gasteiger partial charge in [0.05, 0.1) is 107 Å². The molecule has 140 heavy (non-hydrogen) atoms. The second-order valence-corrected chi connectivity index (χ2v) is 45.3. The predicted molar refractivity (Wildman–Crippen MR) is 539 cm³/mol. The number of ketones is 2. The molecule has 0 amide bonds. The van der Waals surface area contributed by atoms with Crippen LogP contribution >= 0.6 is 0 Å². The van der Waals surface area contributed by atoms with E-state index in [0.717, 1.165) is 38.5 Å². The van der Waals surface area contributed by atoms with E-state index in [1.54, 1.807) is 96.9 Å². The van der Waals surface area contributed by atoms with Gasteiger partial charge in [-0.1, -0.05) is 249 Å². The number of carbonyl (C=O) groups is 6. The highest BCUT2D eigenvalue weighted by atomic mass is 16.7. The van der Waals surface area contributed by atoms with E-state index in [4.69, 9.17) is 66.3 Å². The minimum absolute atomic E-state index is 0.0783. The average Bonchev–Trinajstić information content (AvgIpc) is 0.770. The molecule has 8 N–H and O–H groups in total. The molecule has 6 aliphatic heterocycles. The Bertz CT molecular complexity index is 3310. The second-order valence-electron chi connectivity index (χ2n) is 45.3. The van der Waals surface area contributed by atoms with Gasteiger partial charge in [-0.05, 0) is 163 Å². The van der Waals surface area contributed by atoms with Gasteiger partial charge < -0.3 is 117 Å². The number of hydrogen-bond donors (Lipinski definition) is 8. The largest absolute Gasteiger partial charge is 0.459 e. The lowest BCUT2D eigenvalue weighted by Gasteiger charge is -2.49. The number of carbonyl (C=O) groups excluding carboxylic acids is 6. The van der Waals surface area contributed by atoms with E-state index in [-0.39, 0.29) is 87.6 Å². The Hall–Kier alpha value is -3.58. The molecule has 6 saturated heterocycles. The SMILES string of the molecule is CCCCCCCCCCCCCCCCCC(=O)O[C@H]1[C@H](O[C@@H]2[C@@H](C)[C@H](O[C@H]3C[C@@](C)(OC)[C@@H](O)[C@H](C)O3)[C@@H](C)C(=O)O[C@H](CC)[C@@](C)(O)[C@H](O)[C@@H](C)C(=O)[C@H](C)C[C@@]2(C)O)O[C@H](C)C[C@@H]1N(C)C.CCCCCCCCCCCCCCCCCC(=O)O[C@H]1[C@H](O[C@@H]2[C@@H](C)[C@H](O[C@H]3C[C@@](C)(OC)[C@@H](O)[C@H](C)O3)[C@@H](C)C(=O)O[C@H](CC)[C@@](C)(O)[C@H](O)[C@@H](C)C(=O)[C@H](C)C[C@@]2(C)O)O[C@H](C)C[C@@H]1N(C)C. The van der Waals surface area contributed by atoms with Crippen molar-refractivity contribution in [3.8, 4) is 0 Å². The Morgan fingerprint density at radius 3 is 0.893 bits per heavy atom. The van der Waals surface area contributed by atoms with E-state index in [1.807, 2.05) is 51.8 Å². The lowest BCUT2D eigenvalue weighted by molar-refractivity contribution is -0.319. The van der Waals surface area contributed by atoms with Crippen LogP contribution in [0.4, 0.5) is 0 Å². The van der Waals surface area contributed by atoms with Crippen molar-refractivity contribution in [3.05, 3.63) is 0 Å². The van der Waals surface area contributed by atoms with Crippen LogP contribution in [0.15, 0.2) is 0 Å². The first-order chi connectivity index (χ1) is 65.7. The highest BCUT2D eigenvalue weighted by Gasteiger charge is 2.58. The third kappa shape index (κ3) is 37.6. The molecule has 0 unspecified atom stereocenters. The number of hydrogen-bond acceptors (Lipinski definition) is 30. The summed E-state index contributed by atoms with van der Waals surface area (Å²) in [5, 5.41) is 94.5. The zero-order valence-electron chi connectivity index (χ0n) is 92.2. The van der Waals surface area contributed by atoms with Crippen molar-refractivity contribution in [1.82, 2.24) is 9.80 Å². The monoisotopic (exact) mass is 2000 g/mol. The highest BCUT2D eigenvalue weighted by molar-refractivity contribution is 5.84. The molecule has 0 spiro atoms. The van der Waals surface area contributed by atoms with E-state index in [1.165, 1.54) is 183 Å². The molecule has 0 aromatic rings. The molecule has 0 radical (unpaired) electrons. The molecule has 6 aliphatic rings. The first kappa shape index (κ1) is 127. The Morgan fingerprint density at radius 1 is 0.364 bits per heavy atom. The molecule has 0 bridgehead atoms. The van der Waals surface area contributed by atoms with Crippen molar-refractivity contribution in [2.45, 2.75) is 578 Å². The van der Waals surface area contributed by atoms with Crippen LogP contribution in [-0.2, 0) is 95.1 Å². The fourth-order valence-electron chi connectivity index (χ4n) is 22.7. The van der Waals surface area contributed by atoms with E-state index >= 15 is 0 Å². The Kier molecular flexibility index (Phi) is 55.2. The first-order valence-electron chi connectivity index (χ1n) is 54.9. The molecule has 36 atom stereocenters. The van der Waals surface area contributed by atoms with Gasteiger partial charge in [-0.25, -0.2) is 0 Å². The third-order valence-electron chi connectivity index (χ3n) is 32.1. The van der Waals surface area contributed by atoms with Crippen molar-refractivity contribution < 1.29 is 136 Å². The van der Waals surface area contributed by atoms with Gasteiger partial charge in [-0.3, -0.25) is 28.8 Å². The van der Waals surface area contributed by atoms with Crippen LogP contribution in [0, 0.1) is 47.3 Å². The van der Waals surface area contributed by atoms with E-state index in [2.05, 4.69) is 13.8 Å². The zero-order chi connectivity index (χ0) is 105. The summed E-state index contributed by atoms with van der Waals surface area (Å²) in [5.41, 5.74) is -9.89. The molecule has 0 aromatic heterocycles. The molecule has 0 aromatic carbocycles. The Morgan fingerprint density at radius 2 is 0.636 bits per heavy atom. The number of unbranched alkanes of at least 4 members (excludes halogenated alkanes) is 28. The lowest BCUT2D eigenvalue weighted by atomic mass is 9.74. The third-order valence-corrected chi connectivity index (χ3v) is 32.1. The van der Waals surface area contributed by atoms with Crippen LogP contribution < -0.4 is 0 Å². The molecular weight excluding hydrogens is 1800 g/mol. The number of Topliss-reactive ketones (excluding diaryl/α,β-unsaturated/α-hetero) is 2. The number of nitrogens with zero attached hydrogens (tertiary/aromatic N) is 2. The van der Waals surface area contributed by atoms with Crippen molar-refractivity contribution in [1.29, 1.82) is 0 Å². The lowest BCUT2D eigenvalue weighted by Crippen LogP contribution is -2.61. The van der Waals surface area contributed by atoms with Gasteiger partial charge in [0.15, 0.2) is 37.4 Å². The Labute approximate surface area is 844 Å². The van der Waals surface area contributed by atoms with Gasteiger partial charge in [0.2, 0.25) is 0 Å². The topological polar surface area (TPSA) is 400 Å². The maximum Gasteiger partial charge on any atom is 0.311 e. The summed E-state index contributed by atoms with van der Waals surface area (Å²) >= 11 is 0. The number of rotatable bonds is 48. The maximum absolute atomic E-state index is 14.4. The number of aliphatic hydroxyl groups excluding tert-OH is 4. The summed E-state index contributed by atoms with van der Waals surface area (Å²) in [6, 6.07) is -0.647. The molecular formula is C110H202N2O28. The van der Waals surface area contributed by atoms with Crippen molar-refractivity contribution >= 4 is 35.4 Å². The minimum Gasteiger partial charge on any atom is -0.459 e. The van der Waals surface area contributed by atoms with Gasteiger partial charge in [-0.2, -0.15) is 0 Å². The summed E-state index contributed by atoms with van der Waals surface area (Å²) in [6.07, 6.45) is 17.3. The van der Waals surface area contributed by atoms with Gasteiger partial charge in [0, 0.05) is 75.4 Å². The number of cyclic esters (lactones) is 2. The molecule has 6 rings (SSSR count). The molecule has 820 valence electrons. The molecule has 6 fully saturated rings. The summed E-state index contributed by atoms with van der Waals surface area (Å²) < 4.78 is 89.4. The van der Waals surface area contributed by atoms with E-state index in [0.29, 0.717) is 25.7 Å². The zero-order valence-corrected chi connectivity index (χ0v) is 92.2.